The highest BCUT2D eigenvalue weighted by Gasteiger charge is 2.43. The van der Waals surface area contributed by atoms with Gasteiger partial charge in [0, 0.05) is 5.69 Å². The van der Waals surface area contributed by atoms with Gasteiger partial charge in [-0.3, -0.25) is 9.59 Å². The lowest BCUT2D eigenvalue weighted by molar-refractivity contribution is -0.146. The molecule has 1 aliphatic rings. The molecule has 0 aliphatic carbocycles. The number of aryl methyl sites for hydroxylation is 2. The van der Waals surface area contributed by atoms with E-state index in [-0.39, 0.29) is 6.61 Å². The van der Waals surface area contributed by atoms with E-state index in [0.717, 1.165) is 16.0 Å². The van der Waals surface area contributed by atoms with Gasteiger partial charge < -0.3 is 10.1 Å². The van der Waals surface area contributed by atoms with E-state index in [1.54, 1.807) is 37.3 Å². The van der Waals surface area contributed by atoms with Gasteiger partial charge in [-0.2, -0.15) is 0 Å². The highest BCUT2D eigenvalue weighted by atomic mass is 16.5. The molecular weight excluding hydrogens is 332 g/mol. The van der Waals surface area contributed by atoms with Gasteiger partial charge in [0.1, 0.15) is 0 Å². The normalized spacial score (nSPS) is 14.2. The minimum absolute atomic E-state index is 0.146. The lowest BCUT2D eigenvalue weighted by Gasteiger charge is -2.26. The smallest absolute Gasteiger partial charge is 0.350 e. The number of benzene rings is 2. The number of fused-ring (bicyclic) bond motifs is 1. The molecule has 0 fully saturated rings. The lowest BCUT2D eigenvalue weighted by Crippen LogP contribution is -2.50. The monoisotopic (exact) mass is 352 g/mol. The van der Waals surface area contributed by atoms with Crippen LogP contribution in [0.15, 0.2) is 42.5 Å². The molecule has 1 atom stereocenters. The van der Waals surface area contributed by atoms with E-state index in [9.17, 15) is 14.4 Å². The molecule has 0 saturated carbocycles. The van der Waals surface area contributed by atoms with Crippen molar-refractivity contribution < 1.29 is 19.1 Å². The molecule has 2 amide bonds. The van der Waals surface area contributed by atoms with Gasteiger partial charge in [0.25, 0.3) is 11.8 Å². The summed E-state index contributed by atoms with van der Waals surface area (Å²) in [5.74, 6) is -1.70. The standard InChI is InChI=1S/C20H20N2O4/c1-4-26-20(25)17(21-14-8-5-12(2)6-9-14)22-18(23)15-10-7-13(3)11-16(15)19(22)24/h5-11,17,21H,4H2,1-3H3. The van der Waals surface area contributed by atoms with Gasteiger partial charge >= 0.3 is 5.97 Å². The molecule has 0 bridgehead atoms. The van der Waals surface area contributed by atoms with Crippen molar-refractivity contribution in [2.24, 2.45) is 0 Å². The summed E-state index contributed by atoms with van der Waals surface area (Å²) in [6, 6.07) is 12.3. The predicted molar refractivity (Wildman–Crippen MR) is 96.9 cm³/mol. The summed E-state index contributed by atoms with van der Waals surface area (Å²) >= 11 is 0. The third-order valence-electron chi connectivity index (χ3n) is 4.20. The molecular formula is C20H20N2O4. The molecule has 6 nitrogen and oxygen atoms in total. The zero-order valence-corrected chi connectivity index (χ0v) is 14.9. The second-order valence-electron chi connectivity index (χ2n) is 6.19. The van der Waals surface area contributed by atoms with Crippen molar-refractivity contribution in [1.82, 2.24) is 4.90 Å². The fourth-order valence-corrected chi connectivity index (χ4v) is 2.87. The largest absolute Gasteiger partial charge is 0.463 e. The SMILES string of the molecule is CCOC(=O)C(Nc1ccc(C)cc1)N1C(=O)c2ccc(C)cc2C1=O. The number of nitrogens with one attached hydrogen (secondary N) is 1. The van der Waals surface area contributed by atoms with Crippen molar-refractivity contribution in [3.05, 3.63) is 64.7 Å². The summed E-state index contributed by atoms with van der Waals surface area (Å²) in [7, 11) is 0. The van der Waals surface area contributed by atoms with Gasteiger partial charge in [-0.25, -0.2) is 9.69 Å². The Bertz CT molecular complexity index is 874. The number of hydrogen-bond donors (Lipinski definition) is 1. The Labute approximate surface area is 151 Å². The van der Waals surface area contributed by atoms with E-state index in [0.29, 0.717) is 16.8 Å². The third-order valence-corrected chi connectivity index (χ3v) is 4.20. The molecule has 1 unspecified atom stereocenters. The van der Waals surface area contributed by atoms with Gasteiger partial charge in [-0.1, -0.05) is 29.3 Å². The number of rotatable bonds is 5. The van der Waals surface area contributed by atoms with Crippen LogP contribution in [-0.2, 0) is 9.53 Å². The van der Waals surface area contributed by atoms with Crippen LogP contribution in [0.25, 0.3) is 0 Å². The fraction of sp³-hybridized carbons (Fsp3) is 0.250. The first-order chi connectivity index (χ1) is 12.4. The number of nitrogens with zero attached hydrogens (tertiary/aromatic N) is 1. The topological polar surface area (TPSA) is 75.7 Å². The van der Waals surface area contributed by atoms with Crippen LogP contribution >= 0.6 is 0 Å². The van der Waals surface area contributed by atoms with E-state index < -0.39 is 23.9 Å². The maximum Gasteiger partial charge on any atom is 0.350 e. The summed E-state index contributed by atoms with van der Waals surface area (Å²) in [6.45, 7) is 5.60. The Hall–Kier alpha value is -3.15. The van der Waals surface area contributed by atoms with Crippen molar-refractivity contribution in [3.8, 4) is 0 Å². The molecule has 0 radical (unpaired) electrons. The van der Waals surface area contributed by atoms with Crippen molar-refractivity contribution >= 4 is 23.5 Å². The van der Waals surface area contributed by atoms with Crippen LogP contribution in [0.2, 0.25) is 0 Å². The maximum absolute atomic E-state index is 12.8. The minimum atomic E-state index is -1.23. The van der Waals surface area contributed by atoms with Crippen molar-refractivity contribution in [1.29, 1.82) is 0 Å². The highest BCUT2D eigenvalue weighted by Crippen LogP contribution is 2.27. The summed E-state index contributed by atoms with van der Waals surface area (Å²) in [4.78, 5) is 39.0. The third kappa shape index (κ3) is 3.18. The molecule has 1 N–H and O–H groups in total. The predicted octanol–water partition coefficient (Wildman–Crippen LogP) is 2.90. The van der Waals surface area contributed by atoms with Gasteiger partial charge in [0.2, 0.25) is 6.17 Å². The van der Waals surface area contributed by atoms with E-state index in [2.05, 4.69) is 5.32 Å². The molecule has 3 rings (SSSR count). The molecule has 2 aromatic rings. The van der Waals surface area contributed by atoms with E-state index in [1.165, 1.54) is 0 Å². The molecule has 1 aliphatic heterocycles. The molecule has 1 heterocycles. The number of ether oxygens (including phenoxy) is 1. The molecule has 2 aromatic carbocycles. The van der Waals surface area contributed by atoms with E-state index >= 15 is 0 Å². The van der Waals surface area contributed by atoms with Gasteiger partial charge in [-0.05, 0) is 45.0 Å². The quantitative estimate of drug-likeness (QED) is 0.661. The van der Waals surface area contributed by atoms with Crippen LogP contribution in [0, 0.1) is 13.8 Å². The van der Waals surface area contributed by atoms with Crippen LogP contribution in [0.5, 0.6) is 0 Å². The molecule has 0 spiro atoms. The number of anilines is 1. The summed E-state index contributed by atoms with van der Waals surface area (Å²) in [5.41, 5.74) is 3.13. The fourth-order valence-electron chi connectivity index (χ4n) is 2.87. The van der Waals surface area contributed by atoms with Crippen molar-refractivity contribution in [3.63, 3.8) is 0 Å². The maximum atomic E-state index is 12.8. The zero-order chi connectivity index (χ0) is 18.8. The Morgan fingerprint density at radius 2 is 1.62 bits per heavy atom. The first-order valence-corrected chi connectivity index (χ1v) is 8.40. The van der Waals surface area contributed by atoms with Crippen LogP contribution in [0.1, 0.15) is 38.8 Å². The minimum Gasteiger partial charge on any atom is -0.463 e. The molecule has 0 saturated heterocycles. The van der Waals surface area contributed by atoms with Crippen LogP contribution < -0.4 is 5.32 Å². The average Bonchev–Trinajstić information content (AvgIpc) is 2.85. The van der Waals surface area contributed by atoms with Crippen molar-refractivity contribution in [2.75, 3.05) is 11.9 Å². The molecule has 26 heavy (non-hydrogen) atoms. The Balaban J connectivity index is 1.97. The Kier molecular flexibility index (Phi) is 4.75. The number of esters is 1. The Morgan fingerprint density at radius 1 is 1.00 bits per heavy atom. The number of carbonyl (C=O) groups excluding carboxylic acids is 3. The van der Waals surface area contributed by atoms with Gasteiger partial charge in [0.05, 0.1) is 17.7 Å². The Morgan fingerprint density at radius 3 is 2.27 bits per heavy atom. The van der Waals surface area contributed by atoms with Gasteiger partial charge in [0.15, 0.2) is 0 Å². The number of imide groups is 1. The summed E-state index contributed by atoms with van der Waals surface area (Å²) in [6.07, 6.45) is -1.23. The molecule has 134 valence electrons. The average molecular weight is 352 g/mol. The highest BCUT2D eigenvalue weighted by molar-refractivity contribution is 6.23. The van der Waals surface area contributed by atoms with E-state index in [1.807, 2.05) is 26.0 Å². The number of carbonyl (C=O) groups is 3. The second kappa shape index (κ2) is 7.00. The second-order valence-corrected chi connectivity index (χ2v) is 6.19. The van der Waals surface area contributed by atoms with Crippen molar-refractivity contribution in [2.45, 2.75) is 26.9 Å². The molecule has 0 aromatic heterocycles. The van der Waals surface area contributed by atoms with Crippen LogP contribution in [-0.4, -0.2) is 35.5 Å². The van der Waals surface area contributed by atoms with Gasteiger partial charge in [-0.15, -0.1) is 0 Å². The number of amides is 2. The van der Waals surface area contributed by atoms with Crippen LogP contribution in [0.3, 0.4) is 0 Å². The summed E-state index contributed by atoms with van der Waals surface area (Å²) in [5, 5.41) is 2.95. The zero-order valence-electron chi connectivity index (χ0n) is 14.9. The number of hydrogen-bond acceptors (Lipinski definition) is 5. The summed E-state index contributed by atoms with van der Waals surface area (Å²) < 4.78 is 5.08. The van der Waals surface area contributed by atoms with E-state index in [4.69, 9.17) is 4.74 Å². The lowest BCUT2D eigenvalue weighted by atomic mass is 10.1. The molecule has 6 heteroatoms. The first kappa shape index (κ1) is 17.7. The van der Waals surface area contributed by atoms with Crippen LogP contribution in [0.4, 0.5) is 5.69 Å². The first-order valence-electron chi connectivity index (χ1n) is 8.40.